The Morgan fingerprint density at radius 3 is 2.45 bits per heavy atom. The topological polar surface area (TPSA) is 84.7 Å². The molecular weight excluding hydrogens is 394 g/mol. The average molecular weight is 421 g/mol. The van der Waals surface area contributed by atoms with Gasteiger partial charge in [0.25, 0.3) is 11.9 Å². The largest absolute Gasteiger partial charge is 0.452 e. The molecule has 0 saturated carbocycles. The molecule has 4 rings (SSSR count). The van der Waals surface area contributed by atoms with Gasteiger partial charge in [0.2, 0.25) is 0 Å². The Morgan fingerprint density at radius 1 is 1.06 bits per heavy atom. The van der Waals surface area contributed by atoms with Crippen molar-refractivity contribution < 1.29 is 18.7 Å². The third-order valence-corrected chi connectivity index (χ3v) is 5.70. The highest BCUT2D eigenvalue weighted by molar-refractivity contribution is 5.84. The molecule has 1 aromatic heterocycles. The van der Waals surface area contributed by atoms with Crippen LogP contribution in [0.3, 0.4) is 0 Å². The van der Waals surface area contributed by atoms with Crippen LogP contribution < -0.4 is 10.2 Å². The molecule has 2 heterocycles. The molecule has 1 aliphatic rings. The molecule has 0 aliphatic carbocycles. The number of nitrogens with one attached hydrogen (secondary N) is 1. The van der Waals surface area contributed by atoms with E-state index in [2.05, 4.69) is 10.3 Å². The number of benzene rings is 2. The monoisotopic (exact) mass is 421 g/mol. The van der Waals surface area contributed by atoms with E-state index in [1.165, 1.54) is 0 Å². The van der Waals surface area contributed by atoms with Crippen molar-refractivity contribution in [3.63, 3.8) is 0 Å². The number of para-hydroxylation sites is 2. The summed E-state index contributed by atoms with van der Waals surface area (Å²) in [6, 6.07) is 17.7. The maximum absolute atomic E-state index is 12.6. The number of esters is 1. The SMILES string of the molecule is CC(OC(=O)C1CCN(c2nc3ccccc3o2)CC1)C(=O)NC(C)c1ccccc1. The quantitative estimate of drug-likeness (QED) is 0.609. The van der Waals surface area contributed by atoms with E-state index in [1.54, 1.807) is 6.92 Å². The van der Waals surface area contributed by atoms with Gasteiger partial charge in [-0.25, -0.2) is 0 Å². The van der Waals surface area contributed by atoms with Gasteiger partial charge in [-0.1, -0.05) is 42.5 Å². The minimum Gasteiger partial charge on any atom is -0.452 e. The first-order valence-electron chi connectivity index (χ1n) is 10.7. The van der Waals surface area contributed by atoms with Crippen LogP contribution in [0.2, 0.25) is 0 Å². The van der Waals surface area contributed by atoms with Crippen LogP contribution in [-0.4, -0.2) is 36.1 Å². The normalized spacial score (nSPS) is 16.6. The fourth-order valence-corrected chi connectivity index (χ4v) is 3.78. The molecule has 0 bridgehead atoms. The molecule has 3 aromatic rings. The van der Waals surface area contributed by atoms with Crippen molar-refractivity contribution >= 4 is 29.0 Å². The van der Waals surface area contributed by atoms with Crippen LogP contribution in [0, 0.1) is 5.92 Å². The maximum Gasteiger partial charge on any atom is 0.309 e. The van der Waals surface area contributed by atoms with E-state index in [-0.39, 0.29) is 23.8 Å². The average Bonchev–Trinajstić information content (AvgIpc) is 3.24. The van der Waals surface area contributed by atoms with Crippen LogP contribution in [0.4, 0.5) is 6.01 Å². The lowest BCUT2D eigenvalue weighted by atomic mass is 9.97. The number of hydrogen-bond acceptors (Lipinski definition) is 6. The van der Waals surface area contributed by atoms with Crippen LogP contribution in [-0.2, 0) is 14.3 Å². The lowest BCUT2D eigenvalue weighted by Crippen LogP contribution is -2.41. The van der Waals surface area contributed by atoms with E-state index in [4.69, 9.17) is 9.15 Å². The van der Waals surface area contributed by atoms with Crippen molar-refractivity contribution in [3.05, 3.63) is 60.2 Å². The smallest absolute Gasteiger partial charge is 0.309 e. The van der Waals surface area contributed by atoms with Gasteiger partial charge < -0.3 is 19.4 Å². The summed E-state index contributed by atoms with van der Waals surface area (Å²) in [7, 11) is 0. The summed E-state index contributed by atoms with van der Waals surface area (Å²) in [5.74, 6) is -0.858. The Hall–Kier alpha value is -3.35. The van der Waals surface area contributed by atoms with Gasteiger partial charge >= 0.3 is 5.97 Å². The molecule has 7 heteroatoms. The summed E-state index contributed by atoms with van der Waals surface area (Å²) in [6.45, 7) is 4.82. The number of rotatable bonds is 6. The third kappa shape index (κ3) is 4.87. The summed E-state index contributed by atoms with van der Waals surface area (Å²) in [6.07, 6.45) is 0.423. The molecule has 1 aliphatic heterocycles. The minimum absolute atomic E-state index is 0.158. The summed E-state index contributed by atoms with van der Waals surface area (Å²) >= 11 is 0. The molecule has 2 aromatic carbocycles. The predicted molar refractivity (Wildman–Crippen MR) is 117 cm³/mol. The highest BCUT2D eigenvalue weighted by Gasteiger charge is 2.30. The van der Waals surface area contributed by atoms with Gasteiger partial charge in [-0.15, -0.1) is 0 Å². The van der Waals surface area contributed by atoms with Gasteiger partial charge in [0.1, 0.15) is 5.52 Å². The first-order valence-corrected chi connectivity index (χ1v) is 10.7. The van der Waals surface area contributed by atoms with Crippen LogP contribution >= 0.6 is 0 Å². The van der Waals surface area contributed by atoms with Crippen LogP contribution in [0.1, 0.15) is 38.3 Å². The van der Waals surface area contributed by atoms with E-state index in [0.717, 1.165) is 16.7 Å². The van der Waals surface area contributed by atoms with E-state index in [1.807, 2.05) is 66.4 Å². The number of carbonyl (C=O) groups is 2. The highest BCUT2D eigenvalue weighted by atomic mass is 16.5. The van der Waals surface area contributed by atoms with E-state index in [0.29, 0.717) is 31.9 Å². The van der Waals surface area contributed by atoms with E-state index in [9.17, 15) is 9.59 Å². The Balaban J connectivity index is 1.27. The van der Waals surface area contributed by atoms with Crippen molar-refractivity contribution in [1.82, 2.24) is 10.3 Å². The summed E-state index contributed by atoms with van der Waals surface area (Å²) in [5, 5.41) is 2.90. The highest BCUT2D eigenvalue weighted by Crippen LogP contribution is 2.27. The minimum atomic E-state index is -0.839. The Morgan fingerprint density at radius 2 is 1.74 bits per heavy atom. The summed E-state index contributed by atoms with van der Waals surface area (Å²) in [4.78, 5) is 31.6. The Labute approximate surface area is 181 Å². The lowest BCUT2D eigenvalue weighted by Gasteiger charge is -2.30. The standard InChI is InChI=1S/C24H27N3O4/c1-16(18-8-4-3-5-9-18)25-22(28)17(2)30-23(29)19-12-14-27(15-13-19)24-26-20-10-6-7-11-21(20)31-24/h3-11,16-17,19H,12-15H2,1-2H3,(H,25,28). The second-order valence-corrected chi connectivity index (χ2v) is 7.95. The first kappa shape index (κ1) is 20.9. The van der Waals surface area contributed by atoms with Crippen molar-refractivity contribution in [2.75, 3.05) is 18.0 Å². The van der Waals surface area contributed by atoms with Crippen LogP contribution in [0.5, 0.6) is 0 Å². The molecule has 0 spiro atoms. The van der Waals surface area contributed by atoms with Crippen LogP contribution in [0.15, 0.2) is 59.0 Å². The summed E-state index contributed by atoms with van der Waals surface area (Å²) in [5.41, 5.74) is 2.58. The van der Waals surface area contributed by atoms with Crippen molar-refractivity contribution in [2.24, 2.45) is 5.92 Å². The Bertz CT molecular complexity index is 1010. The number of carbonyl (C=O) groups excluding carboxylic acids is 2. The fourth-order valence-electron chi connectivity index (χ4n) is 3.78. The van der Waals surface area contributed by atoms with Gasteiger partial charge in [-0.05, 0) is 44.4 Å². The second kappa shape index (κ2) is 9.20. The van der Waals surface area contributed by atoms with Gasteiger partial charge in [0, 0.05) is 13.1 Å². The molecular formula is C24H27N3O4. The van der Waals surface area contributed by atoms with E-state index >= 15 is 0 Å². The van der Waals surface area contributed by atoms with Crippen LogP contribution in [0.25, 0.3) is 11.1 Å². The number of piperidine rings is 1. The van der Waals surface area contributed by atoms with Gasteiger partial charge in [-0.3, -0.25) is 9.59 Å². The van der Waals surface area contributed by atoms with Crippen molar-refractivity contribution in [3.8, 4) is 0 Å². The second-order valence-electron chi connectivity index (χ2n) is 7.95. The van der Waals surface area contributed by atoms with E-state index < -0.39 is 6.10 Å². The maximum atomic E-state index is 12.6. The lowest BCUT2D eigenvalue weighted by molar-refractivity contribution is -0.159. The molecule has 1 fully saturated rings. The molecule has 0 radical (unpaired) electrons. The van der Waals surface area contributed by atoms with Gasteiger partial charge in [0.05, 0.1) is 12.0 Å². The summed E-state index contributed by atoms with van der Waals surface area (Å²) < 4.78 is 11.3. The molecule has 1 saturated heterocycles. The first-order chi connectivity index (χ1) is 15.0. The molecule has 1 N–H and O–H groups in total. The van der Waals surface area contributed by atoms with Crippen molar-refractivity contribution in [2.45, 2.75) is 38.8 Å². The molecule has 2 atom stereocenters. The zero-order valence-corrected chi connectivity index (χ0v) is 17.8. The number of aromatic nitrogens is 1. The molecule has 7 nitrogen and oxygen atoms in total. The van der Waals surface area contributed by atoms with Gasteiger partial charge in [0.15, 0.2) is 11.7 Å². The number of anilines is 1. The molecule has 1 amide bonds. The number of nitrogens with zero attached hydrogens (tertiary/aromatic N) is 2. The molecule has 162 valence electrons. The molecule has 2 unspecified atom stereocenters. The predicted octanol–water partition coefficient (Wildman–Crippen LogP) is 3.85. The number of fused-ring (bicyclic) bond motifs is 1. The molecule has 31 heavy (non-hydrogen) atoms. The number of hydrogen-bond donors (Lipinski definition) is 1. The number of ether oxygens (including phenoxy) is 1. The number of oxazole rings is 1. The van der Waals surface area contributed by atoms with Crippen molar-refractivity contribution in [1.29, 1.82) is 0 Å². The van der Waals surface area contributed by atoms with Gasteiger partial charge in [-0.2, -0.15) is 4.98 Å². The Kier molecular flexibility index (Phi) is 6.21. The zero-order chi connectivity index (χ0) is 21.8. The third-order valence-electron chi connectivity index (χ3n) is 5.70. The zero-order valence-electron chi connectivity index (χ0n) is 17.8. The number of amides is 1. The fraction of sp³-hybridized carbons (Fsp3) is 0.375.